The van der Waals surface area contributed by atoms with Gasteiger partial charge in [0.15, 0.2) is 0 Å². The maximum Gasteiger partial charge on any atom is 0.261 e. The summed E-state index contributed by atoms with van der Waals surface area (Å²) in [6.07, 6.45) is 1.78. The number of nitrogen functional groups attached to an aromatic ring is 1. The largest absolute Gasteiger partial charge is 0.399 e. The summed E-state index contributed by atoms with van der Waals surface area (Å²) in [6.45, 7) is 2.43. The van der Waals surface area contributed by atoms with Crippen molar-refractivity contribution in [2.75, 3.05) is 17.2 Å². The molecule has 0 atom stereocenters. The number of carbonyl (C=O) groups is 1. The summed E-state index contributed by atoms with van der Waals surface area (Å²) in [6, 6.07) is 10.2. The van der Waals surface area contributed by atoms with Crippen LogP contribution in [0.1, 0.15) is 27.9 Å². The van der Waals surface area contributed by atoms with Crippen LogP contribution in [0.5, 0.6) is 0 Å². The Hall–Kier alpha value is -2.36. The van der Waals surface area contributed by atoms with E-state index < -0.39 is 5.82 Å². The fourth-order valence-electron chi connectivity index (χ4n) is 2.75. The van der Waals surface area contributed by atoms with Crippen molar-refractivity contribution < 1.29 is 9.18 Å². The Labute approximate surface area is 123 Å². The fraction of sp³-hybridized carbons (Fsp3) is 0.235. The number of nitrogens with zero attached hydrogens (tertiary/aromatic N) is 1. The van der Waals surface area contributed by atoms with E-state index in [0.29, 0.717) is 12.2 Å². The molecule has 1 heterocycles. The van der Waals surface area contributed by atoms with Crippen molar-refractivity contribution in [1.29, 1.82) is 0 Å². The van der Waals surface area contributed by atoms with Crippen LogP contribution in [-0.4, -0.2) is 12.5 Å². The third kappa shape index (κ3) is 2.49. The van der Waals surface area contributed by atoms with Gasteiger partial charge < -0.3 is 10.6 Å². The van der Waals surface area contributed by atoms with Crippen LogP contribution in [0.4, 0.5) is 15.8 Å². The Morgan fingerprint density at radius 3 is 2.86 bits per heavy atom. The minimum absolute atomic E-state index is 0.116. The molecule has 2 N–H and O–H groups in total. The predicted molar refractivity (Wildman–Crippen MR) is 82.0 cm³/mol. The Kier molecular flexibility index (Phi) is 3.37. The van der Waals surface area contributed by atoms with Crippen LogP contribution < -0.4 is 10.6 Å². The number of amides is 1. The zero-order chi connectivity index (χ0) is 15.0. The summed E-state index contributed by atoms with van der Waals surface area (Å²) >= 11 is 0. The molecule has 3 nitrogen and oxygen atoms in total. The number of halogens is 1. The number of benzene rings is 2. The lowest BCUT2D eigenvalue weighted by Gasteiger charge is -2.30. The molecule has 1 aliphatic heterocycles. The molecule has 0 bridgehead atoms. The van der Waals surface area contributed by atoms with Crippen molar-refractivity contribution in [1.82, 2.24) is 0 Å². The van der Waals surface area contributed by atoms with Gasteiger partial charge >= 0.3 is 0 Å². The number of carbonyl (C=O) groups excluding carboxylic acids is 1. The van der Waals surface area contributed by atoms with Crippen molar-refractivity contribution in [3.8, 4) is 0 Å². The lowest BCUT2D eigenvalue weighted by Crippen LogP contribution is -2.36. The molecule has 0 saturated carbocycles. The minimum atomic E-state index is -0.485. The molecule has 0 fully saturated rings. The Balaban J connectivity index is 2.04. The molecule has 1 amide bonds. The molecule has 0 aliphatic carbocycles. The fourth-order valence-corrected chi connectivity index (χ4v) is 2.75. The summed E-state index contributed by atoms with van der Waals surface area (Å²) in [4.78, 5) is 14.3. The highest BCUT2D eigenvalue weighted by atomic mass is 19.1. The van der Waals surface area contributed by atoms with Crippen molar-refractivity contribution in [3.63, 3.8) is 0 Å². The second kappa shape index (κ2) is 5.20. The first-order valence-electron chi connectivity index (χ1n) is 7.02. The number of nitrogens with two attached hydrogens (primary N) is 1. The number of hydrogen-bond acceptors (Lipinski definition) is 2. The summed E-state index contributed by atoms with van der Waals surface area (Å²) < 4.78 is 14.0. The van der Waals surface area contributed by atoms with Gasteiger partial charge in [-0.05, 0) is 49.6 Å². The first-order chi connectivity index (χ1) is 10.1. The zero-order valence-corrected chi connectivity index (χ0v) is 11.9. The molecular formula is C17H17FN2O. The van der Waals surface area contributed by atoms with E-state index in [1.165, 1.54) is 6.07 Å². The van der Waals surface area contributed by atoms with E-state index in [-0.39, 0.29) is 11.5 Å². The van der Waals surface area contributed by atoms with E-state index in [9.17, 15) is 9.18 Å². The summed E-state index contributed by atoms with van der Waals surface area (Å²) in [7, 11) is 0. The smallest absolute Gasteiger partial charge is 0.261 e. The van der Waals surface area contributed by atoms with E-state index in [1.807, 2.05) is 19.1 Å². The third-order valence-electron chi connectivity index (χ3n) is 3.83. The molecule has 1 aliphatic rings. The van der Waals surface area contributed by atoms with E-state index in [0.717, 1.165) is 29.7 Å². The van der Waals surface area contributed by atoms with Gasteiger partial charge in [-0.2, -0.15) is 0 Å². The second-order valence-electron chi connectivity index (χ2n) is 5.43. The highest BCUT2D eigenvalue weighted by Crippen LogP contribution is 2.30. The number of fused-ring (bicyclic) bond motifs is 1. The van der Waals surface area contributed by atoms with Crippen LogP contribution >= 0.6 is 0 Å². The second-order valence-corrected chi connectivity index (χ2v) is 5.43. The first-order valence-corrected chi connectivity index (χ1v) is 7.02. The highest BCUT2D eigenvalue weighted by molar-refractivity contribution is 6.07. The molecule has 0 aromatic heterocycles. The monoisotopic (exact) mass is 284 g/mol. The average molecular weight is 284 g/mol. The quantitative estimate of drug-likeness (QED) is 0.817. The van der Waals surface area contributed by atoms with Gasteiger partial charge in [-0.3, -0.25) is 4.79 Å². The van der Waals surface area contributed by atoms with Gasteiger partial charge in [0, 0.05) is 17.9 Å². The van der Waals surface area contributed by atoms with Gasteiger partial charge in [-0.1, -0.05) is 17.7 Å². The van der Waals surface area contributed by atoms with Gasteiger partial charge in [0.25, 0.3) is 5.91 Å². The molecule has 2 aromatic rings. The first kappa shape index (κ1) is 13.6. The Bertz CT molecular complexity index is 712. The van der Waals surface area contributed by atoms with Crippen molar-refractivity contribution >= 4 is 17.3 Å². The molecule has 108 valence electrons. The predicted octanol–water partition coefficient (Wildman–Crippen LogP) is 3.31. The molecule has 0 radical (unpaired) electrons. The van der Waals surface area contributed by atoms with Crippen LogP contribution in [0, 0.1) is 12.7 Å². The molecule has 0 spiro atoms. The maximum atomic E-state index is 14.0. The van der Waals surface area contributed by atoms with E-state index in [4.69, 9.17) is 5.73 Å². The highest BCUT2D eigenvalue weighted by Gasteiger charge is 2.25. The number of anilines is 2. The SMILES string of the molecule is Cc1ccc(F)c(C(=O)N2CCCc3ccc(N)cc32)c1. The van der Waals surface area contributed by atoms with Gasteiger partial charge in [0.2, 0.25) is 0 Å². The number of aryl methyl sites for hydroxylation is 2. The van der Waals surface area contributed by atoms with Crippen molar-refractivity contribution in [2.24, 2.45) is 0 Å². The molecule has 2 aromatic carbocycles. The maximum absolute atomic E-state index is 14.0. The van der Waals surface area contributed by atoms with Crippen LogP contribution in [0.2, 0.25) is 0 Å². The topological polar surface area (TPSA) is 46.3 Å². The number of hydrogen-bond donors (Lipinski definition) is 1. The zero-order valence-electron chi connectivity index (χ0n) is 11.9. The van der Waals surface area contributed by atoms with E-state index >= 15 is 0 Å². The van der Waals surface area contributed by atoms with Crippen molar-refractivity contribution in [2.45, 2.75) is 19.8 Å². The Morgan fingerprint density at radius 2 is 2.05 bits per heavy atom. The van der Waals surface area contributed by atoms with Crippen molar-refractivity contribution in [3.05, 3.63) is 58.9 Å². The van der Waals surface area contributed by atoms with Crippen LogP contribution in [0.15, 0.2) is 36.4 Å². The Morgan fingerprint density at radius 1 is 1.24 bits per heavy atom. The van der Waals surface area contributed by atoms with E-state index in [1.54, 1.807) is 23.1 Å². The third-order valence-corrected chi connectivity index (χ3v) is 3.83. The van der Waals surface area contributed by atoms with Gasteiger partial charge in [-0.15, -0.1) is 0 Å². The number of rotatable bonds is 1. The minimum Gasteiger partial charge on any atom is -0.399 e. The molecule has 4 heteroatoms. The van der Waals surface area contributed by atoms with Crippen LogP contribution in [0.3, 0.4) is 0 Å². The van der Waals surface area contributed by atoms with Crippen LogP contribution in [-0.2, 0) is 6.42 Å². The molecule has 3 rings (SSSR count). The van der Waals surface area contributed by atoms with Gasteiger partial charge in [0.1, 0.15) is 5.82 Å². The van der Waals surface area contributed by atoms with Gasteiger partial charge in [0.05, 0.1) is 5.56 Å². The lowest BCUT2D eigenvalue weighted by atomic mass is 9.99. The van der Waals surface area contributed by atoms with Gasteiger partial charge in [-0.25, -0.2) is 4.39 Å². The summed E-state index contributed by atoms with van der Waals surface area (Å²) in [5.74, 6) is -0.788. The molecule has 0 unspecified atom stereocenters. The average Bonchev–Trinajstić information content (AvgIpc) is 2.48. The molecule has 0 saturated heterocycles. The van der Waals surface area contributed by atoms with E-state index in [2.05, 4.69) is 0 Å². The summed E-state index contributed by atoms with van der Waals surface area (Å²) in [5, 5.41) is 0. The standard InChI is InChI=1S/C17H17FN2O/c1-11-4-7-15(18)14(9-11)17(21)20-8-2-3-12-5-6-13(19)10-16(12)20/h4-7,9-10H,2-3,8,19H2,1H3. The summed E-state index contributed by atoms with van der Waals surface area (Å²) in [5.41, 5.74) is 9.29. The lowest BCUT2D eigenvalue weighted by molar-refractivity contribution is 0.0981. The molecular weight excluding hydrogens is 267 g/mol. The normalized spacial score (nSPS) is 13.9. The van der Waals surface area contributed by atoms with Crippen LogP contribution in [0.25, 0.3) is 0 Å². The molecule has 21 heavy (non-hydrogen) atoms.